The van der Waals surface area contributed by atoms with Crippen molar-refractivity contribution in [3.05, 3.63) is 95.1 Å². The largest absolute Gasteiger partial charge is 0.423 e. The molecule has 3 aromatic carbocycles. The van der Waals surface area contributed by atoms with Gasteiger partial charge in [-0.05, 0) is 49.2 Å². The maximum absolute atomic E-state index is 12.6. The molecule has 130 valence electrons. The number of carbonyl (C=O) groups excluding carboxylic acids is 2. The molecule has 0 fully saturated rings. The van der Waals surface area contributed by atoms with Gasteiger partial charge in [-0.25, -0.2) is 9.59 Å². The van der Waals surface area contributed by atoms with Crippen molar-refractivity contribution in [1.82, 2.24) is 0 Å². The van der Waals surface area contributed by atoms with E-state index in [0.717, 1.165) is 11.1 Å². The molecule has 26 heavy (non-hydrogen) atoms. The Balaban J connectivity index is 1.86. The van der Waals surface area contributed by atoms with Crippen molar-refractivity contribution in [2.45, 2.75) is 13.8 Å². The van der Waals surface area contributed by atoms with E-state index in [2.05, 4.69) is 0 Å². The van der Waals surface area contributed by atoms with Crippen LogP contribution in [0, 0.1) is 13.8 Å². The van der Waals surface area contributed by atoms with Gasteiger partial charge in [-0.1, -0.05) is 48.5 Å². The van der Waals surface area contributed by atoms with E-state index < -0.39 is 11.9 Å². The highest BCUT2D eigenvalue weighted by Crippen LogP contribution is 2.22. The first-order valence-electron chi connectivity index (χ1n) is 8.21. The van der Waals surface area contributed by atoms with Gasteiger partial charge in [0.15, 0.2) is 0 Å². The van der Waals surface area contributed by atoms with E-state index in [9.17, 15) is 9.59 Å². The summed E-state index contributed by atoms with van der Waals surface area (Å²) in [6, 6.07) is 20.9. The van der Waals surface area contributed by atoms with Crippen LogP contribution < -0.4 is 9.47 Å². The molecule has 3 aromatic rings. The third-order valence-corrected chi connectivity index (χ3v) is 3.96. The molecule has 0 aliphatic carbocycles. The molecule has 4 heteroatoms. The first-order valence-corrected chi connectivity index (χ1v) is 8.21. The van der Waals surface area contributed by atoms with E-state index in [-0.39, 0.29) is 11.1 Å². The minimum absolute atomic E-state index is 0.161. The Labute approximate surface area is 152 Å². The van der Waals surface area contributed by atoms with Gasteiger partial charge in [-0.2, -0.15) is 0 Å². The van der Waals surface area contributed by atoms with Crippen LogP contribution in [-0.4, -0.2) is 11.9 Å². The highest BCUT2D eigenvalue weighted by atomic mass is 16.5. The molecule has 0 saturated heterocycles. The molecule has 0 bridgehead atoms. The van der Waals surface area contributed by atoms with Crippen LogP contribution in [0.5, 0.6) is 11.5 Å². The van der Waals surface area contributed by atoms with Crippen molar-refractivity contribution in [2.24, 2.45) is 0 Å². The summed E-state index contributed by atoms with van der Waals surface area (Å²) in [5, 5.41) is 0. The molecule has 0 amide bonds. The number of ether oxygens (including phenoxy) is 2. The molecule has 0 aromatic heterocycles. The molecule has 0 N–H and O–H groups in total. The molecule has 0 radical (unpaired) electrons. The maximum atomic E-state index is 12.6. The number of benzene rings is 3. The lowest BCUT2D eigenvalue weighted by atomic mass is 10.1. The second-order valence-electron chi connectivity index (χ2n) is 5.86. The van der Waals surface area contributed by atoms with Gasteiger partial charge in [-0.3, -0.25) is 0 Å². The molecule has 0 unspecified atom stereocenters. The van der Waals surface area contributed by atoms with Gasteiger partial charge in [0.25, 0.3) is 0 Å². The Morgan fingerprint density at radius 2 is 0.923 bits per heavy atom. The third-order valence-electron chi connectivity index (χ3n) is 3.96. The van der Waals surface area contributed by atoms with Crippen LogP contribution in [0.1, 0.15) is 31.8 Å². The van der Waals surface area contributed by atoms with E-state index in [1.54, 1.807) is 48.5 Å². The van der Waals surface area contributed by atoms with E-state index >= 15 is 0 Å². The zero-order valence-electron chi connectivity index (χ0n) is 14.6. The smallest absolute Gasteiger partial charge is 0.344 e. The number of aryl methyl sites for hydroxylation is 2. The summed E-state index contributed by atoms with van der Waals surface area (Å²) < 4.78 is 10.9. The van der Waals surface area contributed by atoms with Crippen LogP contribution in [0.15, 0.2) is 72.8 Å². The number of carbonyl (C=O) groups is 2. The minimum Gasteiger partial charge on any atom is -0.423 e. The zero-order chi connectivity index (χ0) is 18.5. The number of hydrogen-bond donors (Lipinski definition) is 0. The van der Waals surface area contributed by atoms with Crippen molar-refractivity contribution in [3.8, 4) is 11.5 Å². The molecular weight excluding hydrogens is 328 g/mol. The Morgan fingerprint density at radius 3 is 1.31 bits per heavy atom. The molecule has 0 aliphatic rings. The second-order valence-corrected chi connectivity index (χ2v) is 5.86. The molecule has 0 aliphatic heterocycles. The SMILES string of the molecule is Cc1ccccc1OC(=O)c1ccccc1C(=O)Oc1ccccc1C. The van der Waals surface area contributed by atoms with E-state index in [0.29, 0.717) is 11.5 Å². The molecule has 0 heterocycles. The normalized spacial score (nSPS) is 10.2. The Kier molecular flexibility index (Phi) is 5.13. The fourth-order valence-electron chi connectivity index (χ4n) is 2.49. The molecule has 0 atom stereocenters. The first kappa shape index (κ1) is 17.4. The number of hydrogen-bond acceptors (Lipinski definition) is 4. The lowest BCUT2D eigenvalue weighted by molar-refractivity contribution is 0.0691. The maximum Gasteiger partial charge on any atom is 0.344 e. The van der Waals surface area contributed by atoms with Crippen LogP contribution >= 0.6 is 0 Å². The summed E-state index contributed by atoms with van der Waals surface area (Å²) in [4.78, 5) is 25.2. The van der Waals surface area contributed by atoms with E-state index in [1.165, 1.54) is 0 Å². The average molecular weight is 346 g/mol. The summed E-state index contributed by atoms with van der Waals surface area (Å²) in [6.45, 7) is 3.70. The number of rotatable bonds is 4. The topological polar surface area (TPSA) is 52.6 Å². The molecule has 4 nitrogen and oxygen atoms in total. The molecular formula is C22H18O4. The van der Waals surface area contributed by atoms with Gasteiger partial charge in [0, 0.05) is 0 Å². The van der Waals surface area contributed by atoms with Crippen molar-refractivity contribution < 1.29 is 19.1 Å². The standard InChI is InChI=1S/C22H18O4/c1-15-9-3-7-13-19(15)25-21(23)17-11-5-6-12-18(17)22(24)26-20-14-8-4-10-16(20)2/h3-14H,1-2H3. The van der Waals surface area contributed by atoms with Crippen LogP contribution in [0.4, 0.5) is 0 Å². The number of esters is 2. The first-order chi connectivity index (χ1) is 12.6. The predicted octanol–water partition coefficient (Wildman–Crippen LogP) is 4.74. The second kappa shape index (κ2) is 7.66. The monoisotopic (exact) mass is 346 g/mol. The van der Waals surface area contributed by atoms with Crippen molar-refractivity contribution in [2.75, 3.05) is 0 Å². The zero-order valence-corrected chi connectivity index (χ0v) is 14.6. The Bertz CT molecular complexity index is 881. The highest BCUT2D eigenvalue weighted by Gasteiger charge is 2.20. The van der Waals surface area contributed by atoms with Crippen molar-refractivity contribution in [1.29, 1.82) is 0 Å². The molecule has 0 spiro atoms. The van der Waals surface area contributed by atoms with Crippen molar-refractivity contribution in [3.63, 3.8) is 0 Å². The van der Waals surface area contributed by atoms with Crippen LogP contribution in [0.2, 0.25) is 0 Å². The lowest BCUT2D eigenvalue weighted by Crippen LogP contribution is -2.18. The summed E-state index contributed by atoms with van der Waals surface area (Å²) in [6.07, 6.45) is 0. The fraction of sp³-hybridized carbons (Fsp3) is 0.0909. The number of para-hydroxylation sites is 2. The third kappa shape index (κ3) is 3.81. The predicted molar refractivity (Wildman–Crippen MR) is 98.7 cm³/mol. The fourth-order valence-corrected chi connectivity index (χ4v) is 2.49. The van der Waals surface area contributed by atoms with Gasteiger partial charge in [0.1, 0.15) is 11.5 Å². The summed E-state index contributed by atoms with van der Waals surface area (Å²) in [5.41, 5.74) is 1.99. The Morgan fingerprint density at radius 1 is 0.577 bits per heavy atom. The van der Waals surface area contributed by atoms with Crippen LogP contribution in [0.25, 0.3) is 0 Å². The summed E-state index contributed by atoms with van der Waals surface area (Å²) in [5.74, 6) is -0.285. The van der Waals surface area contributed by atoms with Gasteiger partial charge >= 0.3 is 11.9 Å². The summed E-state index contributed by atoms with van der Waals surface area (Å²) >= 11 is 0. The van der Waals surface area contributed by atoms with Crippen LogP contribution in [0.3, 0.4) is 0 Å². The van der Waals surface area contributed by atoms with Crippen molar-refractivity contribution >= 4 is 11.9 Å². The highest BCUT2D eigenvalue weighted by molar-refractivity contribution is 6.04. The van der Waals surface area contributed by atoms with E-state index in [4.69, 9.17) is 9.47 Å². The molecule has 3 rings (SSSR count). The van der Waals surface area contributed by atoms with Gasteiger partial charge in [-0.15, -0.1) is 0 Å². The average Bonchev–Trinajstić information content (AvgIpc) is 2.65. The van der Waals surface area contributed by atoms with Crippen LogP contribution in [-0.2, 0) is 0 Å². The van der Waals surface area contributed by atoms with E-state index in [1.807, 2.05) is 38.1 Å². The molecule has 0 saturated carbocycles. The Hall–Kier alpha value is -3.40. The van der Waals surface area contributed by atoms with Gasteiger partial charge < -0.3 is 9.47 Å². The quantitative estimate of drug-likeness (QED) is 0.506. The minimum atomic E-state index is -0.600. The summed E-state index contributed by atoms with van der Waals surface area (Å²) in [7, 11) is 0. The van der Waals surface area contributed by atoms with Gasteiger partial charge in [0.05, 0.1) is 11.1 Å². The lowest BCUT2D eigenvalue weighted by Gasteiger charge is -2.11. The van der Waals surface area contributed by atoms with Gasteiger partial charge in [0.2, 0.25) is 0 Å².